The normalized spacial score (nSPS) is 10.6. The lowest BCUT2D eigenvalue weighted by molar-refractivity contribution is -0.113. The van der Waals surface area contributed by atoms with Crippen LogP contribution in [-0.4, -0.2) is 5.91 Å². The Kier molecular flexibility index (Phi) is 4.61. The summed E-state index contributed by atoms with van der Waals surface area (Å²) in [5, 5.41) is 0. The monoisotopic (exact) mass is 285 g/mol. The van der Waals surface area contributed by atoms with Gasteiger partial charge < -0.3 is 5.73 Å². The van der Waals surface area contributed by atoms with Gasteiger partial charge in [-0.05, 0) is 41.0 Å². The Labute approximate surface area is 121 Å². The highest BCUT2D eigenvalue weighted by molar-refractivity contribution is 5.87. The molecule has 0 atom stereocenters. The van der Waals surface area contributed by atoms with Gasteiger partial charge in [0.15, 0.2) is 0 Å². The van der Waals surface area contributed by atoms with E-state index in [0.717, 1.165) is 16.7 Å². The van der Waals surface area contributed by atoms with E-state index >= 15 is 0 Å². The molecule has 2 aromatic carbocycles. The van der Waals surface area contributed by atoms with E-state index in [1.54, 1.807) is 30.3 Å². The summed E-state index contributed by atoms with van der Waals surface area (Å²) in [5.74, 6) is -1.25. The SMILES string of the molecule is NC(=O)/C=C/C=C(c1ccc(F)cc1)c1ccc(F)cc1. The first-order valence-electron chi connectivity index (χ1n) is 6.26. The van der Waals surface area contributed by atoms with Gasteiger partial charge in [-0.1, -0.05) is 36.4 Å². The van der Waals surface area contributed by atoms with Crippen LogP contribution in [0.4, 0.5) is 8.78 Å². The second kappa shape index (κ2) is 6.61. The van der Waals surface area contributed by atoms with Crippen molar-refractivity contribution in [3.8, 4) is 0 Å². The standard InChI is InChI=1S/C17H13F2NO/c18-14-8-4-12(5-9-14)16(2-1-3-17(20)21)13-6-10-15(19)11-7-13/h1-11H,(H2,20,21)/b3-1+. The number of carbonyl (C=O) groups excluding carboxylic acids is 1. The first-order chi connectivity index (χ1) is 10.1. The van der Waals surface area contributed by atoms with Crippen molar-refractivity contribution in [3.63, 3.8) is 0 Å². The molecule has 0 unspecified atom stereocenters. The number of allylic oxidation sites excluding steroid dienone is 2. The first-order valence-corrected chi connectivity index (χ1v) is 6.26. The van der Waals surface area contributed by atoms with Crippen LogP contribution in [-0.2, 0) is 4.79 Å². The molecule has 0 saturated carbocycles. The summed E-state index contributed by atoms with van der Waals surface area (Å²) in [6.45, 7) is 0. The van der Waals surface area contributed by atoms with Gasteiger partial charge in [0.05, 0.1) is 0 Å². The fourth-order valence-electron chi connectivity index (χ4n) is 1.86. The van der Waals surface area contributed by atoms with Gasteiger partial charge in [-0.15, -0.1) is 0 Å². The molecule has 0 aliphatic heterocycles. The first kappa shape index (κ1) is 14.7. The molecule has 4 heteroatoms. The van der Waals surface area contributed by atoms with E-state index in [0.29, 0.717) is 0 Å². The molecule has 21 heavy (non-hydrogen) atoms. The van der Waals surface area contributed by atoms with Crippen molar-refractivity contribution in [2.75, 3.05) is 0 Å². The van der Waals surface area contributed by atoms with Crippen molar-refractivity contribution in [2.24, 2.45) is 5.73 Å². The van der Waals surface area contributed by atoms with Crippen molar-refractivity contribution in [1.29, 1.82) is 0 Å². The Bertz CT molecular complexity index is 638. The van der Waals surface area contributed by atoms with Crippen LogP contribution in [0, 0.1) is 11.6 Å². The Balaban J connectivity index is 2.45. The molecule has 0 radical (unpaired) electrons. The quantitative estimate of drug-likeness (QED) is 0.678. The molecule has 2 aromatic rings. The average molecular weight is 285 g/mol. The molecule has 2 N–H and O–H groups in total. The molecule has 106 valence electrons. The van der Waals surface area contributed by atoms with Gasteiger partial charge >= 0.3 is 0 Å². The van der Waals surface area contributed by atoms with Crippen LogP contribution in [0.25, 0.3) is 5.57 Å². The Morgan fingerprint density at radius 3 is 1.67 bits per heavy atom. The van der Waals surface area contributed by atoms with E-state index in [4.69, 9.17) is 5.73 Å². The highest BCUT2D eigenvalue weighted by Gasteiger charge is 2.05. The molecular formula is C17H13F2NO. The van der Waals surface area contributed by atoms with Crippen LogP contribution < -0.4 is 5.73 Å². The second-order valence-electron chi connectivity index (χ2n) is 4.36. The minimum absolute atomic E-state index is 0.343. The van der Waals surface area contributed by atoms with E-state index in [1.165, 1.54) is 36.4 Å². The molecule has 2 rings (SSSR count). The molecule has 0 aromatic heterocycles. The summed E-state index contributed by atoms with van der Waals surface area (Å²) >= 11 is 0. The van der Waals surface area contributed by atoms with Crippen LogP contribution in [0.5, 0.6) is 0 Å². The van der Waals surface area contributed by atoms with Crippen molar-refractivity contribution in [1.82, 2.24) is 0 Å². The van der Waals surface area contributed by atoms with Crippen LogP contribution >= 0.6 is 0 Å². The van der Waals surface area contributed by atoms with Crippen molar-refractivity contribution in [3.05, 3.63) is 89.5 Å². The maximum Gasteiger partial charge on any atom is 0.241 e. The molecular weight excluding hydrogens is 272 g/mol. The number of rotatable bonds is 4. The molecule has 0 spiro atoms. The molecule has 0 heterocycles. The lowest BCUT2D eigenvalue weighted by atomic mass is 9.97. The lowest BCUT2D eigenvalue weighted by Gasteiger charge is -2.08. The highest BCUT2D eigenvalue weighted by atomic mass is 19.1. The van der Waals surface area contributed by atoms with Crippen LogP contribution in [0.3, 0.4) is 0 Å². The molecule has 0 aliphatic carbocycles. The zero-order valence-corrected chi connectivity index (χ0v) is 11.1. The minimum atomic E-state index is -0.566. The van der Waals surface area contributed by atoms with Gasteiger partial charge in [0, 0.05) is 6.08 Å². The maximum atomic E-state index is 13.0. The smallest absolute Gasteiger partial charge is 0.241 e. The molecule has 1 amide bonds. The topological polar surface area (TPSA) is 43.1 Å². The van der Waals surface area contributed by atoms with E-state index in [9.17, 15) is 13.6 Å². The van der Waals surface area contributed by atoms with Crippen LogP contribution in [0.1, 0.15) is 11.1 Å². The summed E-state index contributed by atoms with van der Waals surface area (Å²) in [7, 11) is 0. The number of halogens is 2. The number of carbonyl (C=O) groups is 1. The Morgan fingerprint density at radius 2 is 1.29 bits per heavy atom. The summed E-state index contributed by atoms with van der Waals surface area (Å²) in [6.07, 6.45) is 4.39. The van der Waals surface area contributed by atoms with E-state index < -0.39 is 5.91 Å². The Hall–Kier alpha value is -2.75. The highest BCUT2D eigenvalue weighted by Crippen LogP contribution is 2.24. The number of hydrogen-bond acceptors (Lipinski definition) is 1. The van der Waals surface area contributed by atoms with Crippen molar-refractivity contribution in [2.45, 2.75) is 0 Å². The van der Waals surface area contributed by atoms with Crippen molar-refractivity contribution < 1.29 is 13.6 Å². The van der Waals surface area contributed by atoms with Gasteiger partial charge in [-0.25, -0.2) is 8.78 Å². The van der Waals surface area contributed by atoms with Gasteiger partial charge in [0.1, 0.15) is 11.6 Å². The van der Waals surface area contributed by atoms with Gasteiger partial charge in [-0.2, -0.15) is 0 Å². The second-order valence-corrected chi connectivity index (χ2v) is 4.36. The molecule has 0 bridgehead atoms. The minimum Gasteiger partial charge on any atom is -0.366 e. The zero-order valence-electron chi connectivity index (χ0n) is 11.1. The number of benzene rings is 2. The number of hydrogen-bond donors (Lipinski definition) is 1. The van der Waals surface area contributed by atoms with Crippen LogP contribution in [0.2, 0.25) is 0 Å². The van der Waals surface area contributed by atoms with E-state index in [1.807, 2.05) is 0 Å². The molecule has 0 fully saturated rings. The van der Waals surface area contributed by atoms with E-state index in [-0.39, 0.29) is 11.6 Å². The Morgan fingerprint density at radius 1 is 0.857 bits per heavy atom. The summed E-state index contributed by atoms with van der Waals surface area (Å²) in [4.78, 5) is 10.8. The average Bonchev–Trinajstić information content (AvgIpc) is 2.46. The van der Waals surface area contributed by atoms with Crippen LogP contribution in [0.15, 0.2) is 66.8 Å². The maximum absolute atomic E-state index is 13.0. The van der Waals surface area contributed by atoms with Crippen molar-refractivity contribution >= 4 is 11.5 Å². The summed E-state index contributed by atoms with van der Waals surface area (Å²) in [6, 6.07) is 11.8. The number of primary amides is 1. The number of nitrogens with two attached hydrogens (primary N) is 1. The fourth-order valence-corrected chi connectivity index (χ4v) is 1.86. The summed E-state index contributed by atoms with van der Waals surface area (Å²) < 4.78 is 26.0. The third kappa shape index (κ3) is 4.11. The summed E-state index contributed by atoms with van der Waals surface area (Å²) in [5.41, 5.74) is 7.27. The van der Waals surface area contributed by atoms with E-state index in [2.05, 4.69) is 0 Å². The molecule has 2 nitrogen and oxygen atoms in total. The molecule has 0 aliphatic rings. The van der Waals surface area contributed by atoms with Gasteiger partial charge in [-0.3, -0.25) is 4.79 Å². The van der Waals surface area contributed by atoms with Gasteiger partial charge in [0.2, 0.25) is 5.91 Å². The lowest BCUT2D eigenvalue weighted by Crippen LogP contribution is -2.05. The third-order valence-corrected chi connectivity index (χ3v) is 2.83. The predicted octanol–water partition coefficient (Wildman–Crippen LogP) is 3.44. The predicted molar refractivity (Wildman–Crippen MR) is 78.2 cm³/mol. The number of amides is 1. The largest absolute Gasteiger partial charge is 0.366 e. The van der Waals surface area contributed by atoms with Gasteiger partial charge in [0.25, 0.3) is 0 Å². The zero-order chi connectivity index (χ0) is 15.2. The third-order valence-electron chi connectivity index (χ3n) is 2.83. The molecule has 0 saturated heterocycles. The fraction of sp³-hybridized carbons (Fsp3) is 0.